The van der Waals surface area contributed by atoms with Crippen LogP contribution in [0.4, 0.5) is 0 Å². The molecule has 0 aromatic heterocycles. The molecule has 0 bridgehead atoms. The predicted molar refractivity (Wildman–Crippen MR) is 46.6 cm³/mol. The van der Waals surface area contributed by atoms with Gasteiger partial charge >= 0.3 is 0 Å². The van der Waals surface area contributed by atoms with E-state index in [4.69, 9.17) is 5.73 Å². The molecule has 13 heavy (non-hydrogen) atoms. The zero-order chi connectivity index (χ0) is 9.47. The van der Waals surface area contributed by atoms with Crippen LogP contribution in [0.5, 0.6) is 0 Å². The van der Waals surface area contributed by atoms with Crippen LogP contribution < -0.4 is 11.1 Å². The van der Waals surface area contributed by atoms with E-state index >= 15 is 0 Å². The molecule has 2 rings (SSSR count). The topological polar surface area (TPSA) is 72.2 Å². The summed E-state index contributed by atoms with van der Waals surface area (Å²) in [6.45, 7) is 0.693. The number of hydrogen-bond donors (Lipinski definition) is 2. The Bertz CT molecular complexity index is 256. The first kappa shape index (κ1) is 8.53. The van der Waals surface area contributed by atoms with Gasteiger partial charge in [0.25, 0.3) is 0 Å². The van der Waals surface area contributed by atoms with E-state index in [9.17, 15) is 9.59 Å². The second kappa shape index (κ2) is 2.72. The standard InChI is InChI=1S/C9H14N2O2/c10-8(13)9(3-1-4-9)6-2-5-11-7(6)12/h6H,1-5H2,(H2,10,13)(H,11,12). The Morgan fingerprint density at radius 1 is 1.54 bits per heavy atom. The number of rotatable bonds is 2. The third kappa shape index (κ3) is 1.04. The summed E-state index contributed by atoms with van der Waals surface area (Å²) in [5.41, 5.74) is 4.86. The highest BCUT2D eigenvalue weighted by molar-refractivity contribution is 5.91. The molecule has 0 aromatic carbocycles. The van der Waals surface area contributed by atoms with E-state index in [1.807, 2.05) is 0 Å². The Kier molecular flexibility index (Phi) is 1.78. The Balaban J connectivity index is 2.21. The second-order valence-corrected chi connectivity index (χ2v) is 4.01. The van der Waals surface area contributed by atoms with Crippen LogP contribution in [0.1, 0.15) is 25.7 Å². The fourth-order valence-electron chi connectivity index (χ4n) is 2.45. The quantitative estimate of drug-likeness (QED) is 0.619. The van der Waals surface area contributed by atoms with Crippen LogP contribution in [0, 0.1) is 11.3 Å². The van der Waals surface area contributed by atoms with Crippen molar-refractivity contribution in [3.63, 3.8) is 0 Å². The normalized spacial score (nSPS) is 30.8. The molecule has 2 aliphatic rings. The van der Waals surface area contributed by atoms with Crippen molar-refractivity contribution in [3.8, 4) is 0 Å². The number of nitrogens with one attached hydrogen (secondary N) is 1. The van der Waals surface area contributed by atoms with Gasteiger partial charge in [0, 0.05) is 6.54 Å². The van der Waals surface area contributed by atoms with Gasteiger partial charge in [-0.15, -0.1) is 0 Å². The summed E-state index contributed by atoms with van der Waals surface area (Å²) in [5, 5.41) is 2.75. The molecule has 3 N–H and O–H groups in total. The third-order valence-electron chi connectivity index (χ3n) is 3.45. The summed E-state index contributed by atoms with van der Waals surface area (Å²) in [4.78, 5) is 22.7. The second-order valence-electron chi connectivity index (χ2n) is 4.01. The monoisotopic (exact) mass is 182 g/mol. The summed E-state index contributed by atoms with van der Waals surface area (Å²) < 4.78 is 0. The Labute approximate surface area is 76.9 Å². The molecule has 1 heterocycles. The van der Waals surface area contributed by atoms with Gasteiger partial charge in [0.2, 0.25) is 11.8 Å². The molecule has 4 heteroatoms. The molecule has 1 aliphatic heterocycles. The lowest BCUT2D eigenvalue weighted by molar-refractivity contribution is -0.144. The lowest BCUT2D eigenvalue weighted by Crippen LogP contribution is -2.50. The number of hydrogen-bond acceptors (Lipinski definition) is 2. The number of amides is 2. The Morgan fingerprint density at radius 2 is 2.23 bits per heavy atom. The van der Waals surface area contributed by atoms with Crippen LogP contribution in [-0.2, 0) is 9.59 Å². The van der Waals surface area contributed by atoms with Crippen molar-refractivity contribution in [2.75, 3.05) is 6.54 Å². The molecule has 2 fully saturated rings. The molecule has 4 nitrogen and oxygen atoms in total. The molecule has 0 radical (unpaired) electrons. The average Bonchev–Trinajstić information content (AvgIpc) is 2.34. The van der Waals surface area contributed by atoms with E-state index in [1.165, 1.54) is 0 Å². The van der Waals surface area contributed by atoms with Crippen molar-refractivity contribution >= 4 is 11.8 Å². The zero-order valence-electron chi connectivity index (χ0n) is 7.51. The van der Waals surface area contributed by atoms with Gasteiger partial charge in [0.15, 0.2) is 0 Å². The first-order chi connectivity index (χ1) is 6.17. The summed E-state index contributed by atoms with van der Waals surface area (Å²) in [6.07, 6.45) is 3.37. The zero-order valence-corrected chi connectivity index (χ0v) is 7.51. The van der Waals surface area contributed by atoms with Crippen molar-refractivity contribution in [1.82, 2.24) is 5.32 Å². The van der Waals surface area contributed by atoms with Gasteiger partial charge in [0.05, 0.1) is 11.3 Å². The van der Waals surface area contributed by atoms with Gasteiger partial charge in [-0.1, -0.05) is 6.42 Å². The summed E-state index contributed by atoms with van der Waals surface area (Å²) in [6, 6.07) is 0. The van der Waals surface area contributed by atoms with Crippen molar-refractivity contribution < 1.29 is 9.59 Å². The number of nitrogens with two attached hydrogens (primary N) is 1. The summed E-state index contributed by atoms with van der Waals surface area (Å²) in [5.74, 6) is -0.432. The van der Waals surface area contributed by atoms with Gasteiger partial charge < -0.3 is 11.1 Å². The SMILES string of the molecule is NC(=O)C1(C2CCNC2=O)CCC1. The highest BCUT2D eigenvalue weighted by atomic mass is 16.2. The van der Waals surface area contributed by atoms with Crippen molar-refractivity contribution in [3.05, 3.63) is 0 Å². The molecule has 0 spiro atoms. The van der Waals surface area contributed by atoms with Gasteiger partial charge in [-0.2, -0.15) is 0 Å². The molecule has 1 saturated heterocycles. The van der Waals surface area contributed by atoms with E-state index in [1.54, 1.807) is 0 Å². The molecular weight excluding hydrogens is 168 g/mol. The van der Waals surface area contributed by atoms with Gasteiger partial charge in [-0.05, 0) is 19.3 Å². The van der Waals surface area contributed by atoms with Crippen LogP contribution in [0.15, 0.2) is 0 Å². The molecular formula is C9H14N2O2. The molecule has 72 valence electrons. The molecule has 1 saturated carbocycles. The molecule has 1 unspecified atom stereocenters. The minimum Gasteiger partial charge on any atom is -0.369 e. The lowest BCUT2D eigenvalue weighted by atomic mass is 9.60. The number of primary amides is 1. The maximum absolute atomic E-state index is 11.4. The predicted octanol–water partition coefficient (Wildman–Crippen LogP) is -0.222. The van der Waals surface area contributed by atoms with Gasteiger partial charge in [-0.25, -0.2) is 0 Å². The molecule has 1 atom stereocenters. The Morgan fingerprint density at radius 3 is 2.54 bits per heavy atom. The average molecular weight is 182 g/mol. The van der Waals surface area contributed by atoms with Crippen LogP contribution in [0.3, 0.4) is 0 Å². The number of carbonyl (C=O) groups excluding carboxylic acids is 2. The molecule has 2 amide bonds. The first-order valence-electron chi connectivity index (χ1n) is 4.74. The van der Waals surface area contributed by atoms with Crippen LogP contribution in [0.2, 0.25) is 0 Å². The smallest absolute Gasteiger partial charge is 0.224 e. The van der Waals surface area contributed by atoms with Crippen molar-refractivity contribution in [1.29, 1.82) is 0 Å². The highest BCUT2D eigenvalue weighted by Gasteiger charge is 2.53. The van der Waals surface area contributed by atoms with Crippen molar-refractivity contribution in [2.24, 2.45) is 17.1 Å². The first-order valence-corrected chi connectivity index (χ1v) is 4.74. The largest absolute Gasteiger partial charge is 0.369 e. The lowest BCUT2D eigenvalue weighted by Gasteiger charge is -2.42. The van der Waals surface area contributed by atoms with Gasteiger partial charge in [-0.3, -0.25) is 9.59 Å². The van der Waals surface area contributed by atoms with Crippen LogP contribution in [-0.4, -0.2) is 18.4 Å². The van der Waals surface area contributed by atoms with Crippen LogP contribution in [0.25, 0.3) is 0 Å². The summed E-state index contributed by atoms with van der Waals surface area (Å²) in [7, 11) is 0. The number of carbonyl (C=O) groups is 2. The third-order valence-corrected chi connectivity index (χ3v) is 3.45. The van der Waals surface area contributed by atoms with Crippen LogP contribution >= 0.6 is 0 Å². The van der Waals surface area contributed by atoms with E-state index < -0.39 is 5.41 Å². The van der Waals surface area contributed by atoms with Crippen molar-refractivity contribution in [2.45, 2.75) is 25.7 Å². The van der Waals surface area contributed by atoms with E-state index in [0.29, 0.717) is 6.54 Å². The van der Waals surface area contributed by atoms with Gasteiger partial charge in [0.1, 0.15) is 0 Å². The van der Waals surface area contributed by atoms with E-state index in [-0.39, 0.29) is 17.7 Å². The maximum atomic E-state index is 11.4. The fraction of sp³-hybridized carbons (Fsp3) is 0.778. The minimum atomic E-state index is -0.499. The van der Waals surface area contributed by atoms with E-state index in [0.717, 1.165) is 25.7 Å². The Hall–Kier alpha value is -1.06. The highest BCUT2D eigenvalue weighted by Crippen LogP contribution is 2.49. The molecule has 1 aliphatic carbocycles. The maximum Gasteiger partial charge on any atom is 0.224 e. The summed E-state index contributed by atoms with van der Waals surface area (Å²) >= 11 is 0. The molecule has 0 aromatic rings. The minimum absolute atomic E-state index is 0.0125. The van der Waals surface area contributed by atoms with E-state index in [2.05, 4.69) is 5.32 Å². The fourth-order valence-corrected chi connectivity index (χ4v) is 2.45.